The summed E-state index contributed by atoms with van der Waals surface area (Å²) in [6.07, 6.45) is 1.44. The molecule has 0 bridgehead atoms. The van der Waals surface area contributed by atoms with Crippen molar-refractivity contribution in [1.82, 2.24) is 16.1 Å². The minimum Gasteiger partial charge on any atom is -0.467 e. The first-order chi connectivity index (χ1) is 16.7. The van der Waals surface area contributed by atoms with Gasteiger partial charge in [0.05, 0.1) is 13.2 Å². The van der Waals surface area contributed by atoms with Crippen molar-refractivity contribution in [3.63, 3.8) is 0 Å². The average Bonchev–Trinajstić information content (AvgIpc) is 2.83. The quantitative estimate of drug-likeness (QED) is 0.0523. The Morgan fingerprint density at radius 2 is 1.83 bits per heavy atom. The molecule has 15 heteroatoms. The summed E-state index contributed by atoms with van der Waals surface area (Å²) in [5.41, 5.74) is 13.8. The van der Waals surface area contributed by atoms with Crippen molar-refractivity contribution < 1.29 is 28.9 Å². The van der Waals surface area contributed by atoms with E-state index in [9.17, 15) is 24.5 Å². The molecule has 0 radical (unpaired) electrons. The Bertz CT molecular complexity index is 858. The molecule has 0 aliphatic heterocycles. The molecule has 0 aromatic heterocycles. The Labute approximate surface area is 215 Å². The number of alkyl carbamates (subject to hydrolysis) is 1. The van der Waals surface area contributed by atoms with Crippen molar-refractivity contribution in [3.8, 4) is 0 Å². The molecule has 0 fully saturated rings. The van der Waals surface area contributed by atoms with Gasteiger partial charge >= 0.3 is 12.1 Å². The largest absolute Gasteiger partial charge is 0.467 e. The third-order valence-corrected chi connectivity index (χ3v) is 4.70. The minimum absolute atomic E-state index is 0. The van der Waals surface area contributed by atoms with Gasteiger partial charge in [-0.2, -0.15) is 0 Å². The van der Waals surface area contributed by atoms with Crippen molar-refractivity contribution in [3.05, 3.63) is 46.0 Å². The molecule has 1 aromatic rings. The Hall–Kier alpha value is -3.65. The van der Waals surface area contributed by atoms with Crippen LogP contribution in [0.3, 0.4) is 0 Å². The Kier molecular flexibility index (Phi) is 16.8. The Morgan fingerprint density at radius 3 is 2.47 bits per heavy atom. The summed E-state index contributed by atoms with van der Waals surface area (Å²) in [6.45, 7) is 0.638. The number of nitrogens with two attached hydrogens (primary N) is 2. The number of benzene rings is 1. The molecule has 0 spiro atoms. The molecule has 2 amide bonds. The first-order valence-corrected chi connectivity index (χ1v) is 11.0. The van der Waals surface area contributed by atoms with E-state index in [1.54, 1.807) is 5.43 Å². The van der Waals surface area contributed by atoms with Crippen LogP contribution in [0.1, 0.15) is 37.7 Å². The van der Waals surface area contributed by atoms with Gasteiger partial charge in [0.25, 0.3) is 5.96 Å². The number of halogens is 1. The molecule has 2 atom stereocenters. The normalized spacial score (nSPS) is 12.3. The lowest BCUT2D eigenvalue weighted by atomic mass is 10.1. The summed E-state index contributed by atoms with van der Waals surface area (Å²) >= 11 is 0. The van der Waals surface area contributed by atoms with Gasteiger partial charge in [-0.15, -0.1) is 12.4 Å². The second-order valence-electron chi connectivity index (χ2n) is 7.45. The number of nitrogens with zero attached hydrogens (tertiary/aromatic N) is 2. The molecular formula is C21H34ClN7O7. The van der Waals surface area contributed by atoms with E-state index in [1.807, 2.05) is 30.3 Å². The van der Waals surface area contributed by atoms with E-state index >= 15 is 0 Å². The Balaban J connectivity index is 0.0000122. The second-order valence-corrected chi connectivity index (χ2v) is 7.45. The molecule has 0 aliphatic rings. The highest BCUT2D eigenvalue weighted by Gasteiger charge is 2.24. The standard InChI is InChI=1S/C21H33N7O7.ClH/c1-34-19(30)17(11-7-13-24-20(23)27-28(32)33)26-18(29)16(22)10-5-6-12-25-21(31)35-14-15-8-3-2-4-9-15;/h2-4,8-9,16-17H,5-7,10-14,22H2,1H3,(H,25,31)(H,26,29)(H3,23,24,27);1H. The lowest BCUT2D eigenvalue weighted by Crippen LogP contribution is -2.48. The fraction of sp³-hybridized carbons (Fsp3) is 0.524. The smallest absolute Gasteiger partial charge is 0.407 e. The van der Waals surface area contributed by atoms with Gasteiger partial charge in [0, 0.05) is 13.1 Å². The van der Waals surface area contributed by atoms with Crippen LogP contribution >= 0.6 is 12.4 Å². The summed E-state index contributed by atoms with van der Waals surface area (Å²) in [6, 6.07) is 7.49. The number of unbranched alkanes of at least 4 members (excludes halogenated alkanes) is 1. The van der Waals surface area contributed by atoms with Crippen LogP contribution in [-0.4, -0.2) is 61.2 Å². The number of carbonyl (C=O) groups excluding carboxylic acids is 3. The van der Waals surface area contributed by atoms with Gasteiger partial charge < -0.3 is 31.6 Å². The molecule has 1 aromatic carbocycles. The molecule has 0 aliphatic carbocycles. The van der Waals surface area contributed by atoms with Gasteiger partial charge in [-0.3, -0.25) is 4.79 Å². The number of esters is 1. The van der Waals surface area contributed by atoms with Crippen molar-refractivity contribution in [2.24, 2.45) is 16.5 Å². The summed E-state index contributed by atoms with van der Waals surface area (Å²) in [5.74, 6) is -1.53. The number of hydrogen-bond donors (Lipinski definition) is 5. The molecule has 14 nitrogen and oxygen atoms in total. The number of nitro groups is 1. The molecule has 202 valence electrons. The van der Waals surface area contributed by atoms with Crippen LogP contribution in [0.2, 0.25) is 0 Å². The monoisotopic (exact) mass is 531 g/mol. The summed E-state index contributed by atoms with van der Waals surface area (Å²) in [4.78, 5) is 50.0. The number of ether oxygens (including phenoxy) is 2. The van der Waals surface area contributed by atoms with Crippen LogP contribution in [0.15, 0.2) is 35.3 Å². The molecule has 7 N–H and O–H groups in total. The lowest BCUT2D eigenvalue weighted by molar-refractivity contribution is -0.525. The van der Waals surface area contributed by atoms with E-state index in [-0.39, 0.29) is 37.9 Å². The maximum atomic E-state index is 12.4. The predicted molar refractivity (Wildman–Crippen MR) is 134 cm³/mol. The molecule has 0 saturated carbocycles. The van der Waals surface area contributed by atoms with Crippen LogP contribution in [0.25, 0.3) is 0 Å². The number of guanidine groups is 1. The van der Waals surface area contributed by atoms with E-state index in [1.165, 1.54) is 7.11 Å². The number of nitrogens with one attached hydrogen (secondary N) is 3. The van der Waals surface area contributed by atoms with E-state index in [0.29, 0.717) is 32.2 Å². The molecular weight excluding hydrogens is 498 g/mol. The van der Waals surface area contributed by atoms with Crippen molar-refractivity contribution in [2.75, 3.05) is 20.2 Å². The van der Waals surface area contributed by atoms with Crippen LogP contribution in [-0.2, 0) is 25.7 Å². The zero-order valence-electron chi connectivity index (χ0n) is 20.0. The predicted octanol–water partition coefficient (Wildman–Crippen LogP) is 0.366. The highest BCUT2D eigenvalue weighted by atomic mass is 35.5. The second kappa shape index (κ2) is 18.6. The molecule has 1 rings (SSSR count). The van der Waals surface area contributed by atoms with E-state index in [4.69, 9.17) is 20.9 Å². The van der Waals surface area contributed by atoms with Gasteiger partial charge in [0.1, 0.15) is 12.6 Å². The Morgan fingerprint density at radius 1 is 1.14 bits per heavy atom. The third kappa shape index (κ3) is 14.6. The van der Waals surface area contributed by atoms with Crippen molar-refractivity contribution in [2.45, 2.75) is 50.8 Å². The van der Waals surface area contributed by atoms with Gasteiger partial charge in [-0.05, 0) is 37.7 Å². The number of rotatable bonds is 15. The molecule has 36 heavy (non-hydrogen) atoms. The fourth-order valence-corrected chi connectivity index (χ4v) is 2.88. The topological polar surface area (TPSA) is 213 Å². The van der Waals surface area contributed by atoms with Gasteiger partial charge in [-0.25, -0.2) is 24.7 Å². The number of amides is 2. The third-order valence-electron chi connectivity index (χ3n) is 4.70. The minimum atomic E-state index is -0.945. The SMILES string of the molecule is COC(=O)C(CCCN=C(N)N[N+](=O)[O-])NC(=O)C(N)CCCCNC(=O)OCc1ccccc1.Cl. The van der Waals surface area contributed by atoms with Crippen molar-refractivity contribution >= 4 is 36.3 Å². The maximum Gasteiger partial charge on any atom is 0.407 e. The van der Waals surface area contributed by atoms with Crippen LogP contribution < -0.4 is 27.5 Å². The first kappa shape index (κ1) is 32.4. The van der Waals surface area contributed by atoms with Gasteiger partial charge in [-0.1, -0.05) is 35.8 Å². The van der Waals surface area contributed by atoms with Crippen LogP contribution in [0.5, 0.6) is 0 Å². The first-order valence-electron chi connectivity index (χ1n) is 11.0. The number of hydrazine groups is 1. The number of aliphatic imine (C=N–C) groups is 1. The lowest BCUT2D eigenvalue weighted by Gasteiger charge is -2.19. The number of hydrogen-bond acceptors (Lipinski definition) is 9. The summed E-state index contributed by atoms with van der Waals surface area (Å²) in [5, 5.41) is 14.6. The van der Waals surface area contributed by atoms with E-state index in [2.05, 4.69) is 15.6 Å². The zero-order valence-corrected chi connectivity index (χ0v) is 20.8. The molecule has 2 unspecified atom stereocenters. The van der Waals surface area contributed by atoms with E-state index in [0.717, 1.165) is 5.56 Å². The van der Waals surface area contributed by atoms with Crippen LogP contribution in [0, 0.1) is 10.1 Å². The highest BCUT2D eigenvalue weighted by molar-refractivity contribution is 5.87. The van der Waals surface area contributed by atoms with E-state index < -0.39 is 35.1 Å². The summed E-state index contributed by atoms with van der Waals surface area (Å²) < 4.78 is 9.81. The highest BCUT2D eigenvalue weighted by Crippen LogP contribution is 2.04. The number of carbonyl (C=O) groups is 3. The van der Waals surface area contributed by atoms with Crippen molar-refractivity contribution in [1.29, 1.82) is 0 Å². The van der Waals surface area contributed by atoms with Gasteiger partial charge in [0.2, 0.25) is 5.91 Å². The number of methoxy groups -OCH3 is 1. The zero-order chi connectivity index (χ0) is 26.1. The summed E-state index contributed by atoms with van der Waals surface area (Å²) in [7, 11) is 1.19. The fourth-order valence-electron chi connectivity index (χ4n) is 2.88. The van der Waals surface area contributed by atoms with Crippen LogP contribution in [0.4, 0.5) is 4.79 Å². The van der Waals surface area contributed by atoms with Gasteiger partial charge in [0.15, 0.2) is 5.03 Å². The molecule has 0 saturated heterocycles. The average molecular weight is 532 g/mol. The maximum absolute atomic E-state index is 12.4. The molecule has 0 heterocycles.